The molecule has 0 aliphatic carbocycles. The lowest BCUT2D eigenvalue weighted by Gasteiger charge is -2.12. The Morgan fingerprint density at radius 1 is 1.38 bits per heavy atom. The molecule has 1 aliphatic rings. The number of fused-ring (bicyclic) bond motifs is 1. The largest absolute Gasteiger partial charge is 0.302 e. The molecule has 0 saturated heterocycles. The molecule has 0 unspecified atom stereocenters. The van der Waals surface area contributed by atoms with Gasteiger partial charge in [0, 0.05) is 17.9 Å². The normalized spacial score (nSPS) is 18.0. The first-order valence-electron chi connectivity index (χ1n) is 4.89. The maximum atomic E-state index is 4.58. The van der Waals surface area contributed by atoms with Crippen molar-refractivity contribution in [2.75, 3.05) is 13.6 Å². The molecule has 0 spiro atoms. The molecule has 0 amide bonds. The summed E-state index contributed by atoms with van der Waals surface area (Å²) < 4.78 is 0. The molecule has 13 heavy (non-hydrogen) atoms. The van der Waals surface area contributed by atoms with Gasteiger partial charge in [0.25, 0.3) is 0 Å². The molecular weight excluding hydrogens is 160 g/mol. The summed E-state index contributed by atoms with van der Waals surface area (Å²) in [5, 5.41) is 0. The molecule has 2 heterocycles. The highest BCUT2D eigenvalue weighted by atomic mass is 15.1. The highest BCUT2D eigenvalue weighted by Crippen LogP contribution is 2.15. The van der Waals surface area contributed by atoms with Crippen molar-refractivity contribution in [2.45, 2.75) is 26.3 Å². The number of hydrogen-bond acceptors (Lipinski definition) is 2. The van der Waals surface area contributed by atoms with E-state index < -0.39 is 0 Å². The van der Waals surface area contributed by atoms with Gasteiger partial charge in [-0.2, -0.15) is 0 Å². The molecule has 2 rings (SSSR count). The van der Waals surface area contributed by atoms with E-state index in [2.05, 4.69) is 36.0 Å². The van der Waals surface area contributed by atoms with Crippen LogP contribution in [0.25, 0.3) is 0 Å². The molecule has 2 nitrogen and oxygen atoms in total. The minimum Gasteiger partial charge on any atom is -0.302 e. The number of hydrogen-bond donors (Lipinski definition) is 0. The monoisotopic (exact) mass is 176 g/mol. The van der Waals surface area contributed by atoms with Crippen LogP contribution >= 0.6 is 0 Å². The Balaban J connectivity index is 2.34. The number of nitrogens with zero attached hydrogens (tertiary/aromatic N) is 2. The minimum atomic E-state index is 1.06. The van der Waals surface area contributed by atoms with Crippen LogP contribution in [0, 0.1) is 6.92 Å². The first-order valence-corrected chi connectivity index (χ1v) is 4.89. The van der Waals surface area contributed by atoms with Crippen LogP contribution in [0.5, 0.6) is 0 Å². The Kier molecular flexibility index (Phi) is 2.32. The Morgan fingerprint density at radius 2 is 2.23 bits per heavy atom. The summed E-state index contributed by atoms with van der Waals surface area (Å²) in [5.74, 6) is 0. The predicted octanol–water partition coefficient (Wildman–Crippen LogP) is 1.77. The first-order chi connectivity index (χ1) is 6.25. The van der Waals surface area contributed by atoms with E-state index in [0.717, 1.165) is 18.7 Å². The highest BCUT2D eigenvalue weighted by Gasteiger charge is 2.11. The fourth-order valence-electron chi connectivity index (χ4n) is 1.89. The second-order valence-corrected chi connectivity index (χ2v) is 3.90. The van der Waals surface area contributed by atoms with Crippen molar-refractivity contribution < 1.29 is 0 Å². The van der Waals surface area contributed by atoms with Crippen molar-refractivity contribution in [3.8, 4) is 0 Å². The lowest BCUT2D eigenvalue weighted by Crippen LogP contribution is -2.17. The van der Waals surface area contributed by atoms with Gasteiger partial charge in [-0.15, -0.1) is 0 Å². The molecule has 0 N–H and O–H groups in total. The predicted molar refractivity (Wildman–Crippen MR) is 53.6 cm³/mol. The van der Waals surface area contributed by atoms with Gasteiger partial charge in [-0.1, -0.05) is 6.07 Å². The Hall–Kier alpha value is -0.890. The van der Waals surface area contributed by atoms with Gasteiger partial charge in [-0.25, -0.2) is 0 Å². The van der Waals surface area contributed by atoms with Gasteiger partial charge in [0.15, 0.2) is 0 Å². The van der Waals surface area contributed by atoms with Crippen LogP contribution in [0.3, 0.4) is 0 Å². The lowest BCUT2D eigenvalue weighted by atomic mass is 10.1. The Labute approximate surface area is 79.6 Å². The minimum absolute atomic E-state index is 1.06. The van der Waals surface area contributed by atoms with E-state index >= 15 is 0 Å². The number of rotatable bonds is 0. The van der Waals surface area contributed by atoms with Gasteiger partial charge < -0.3 is 4.90 Å². The van der Waals surface area contributed by atoms with Crippen molar-refractivity contribution in [2.24, 2.45) is 0 Å². The van der Waals surface area contributed by atoms with Crippen LogP contribution in [0.4, 0.5) is 0 Å². The van der Waals surface area contributed by atoms with Crippen molar-refractivity contribution in [3.05, 3.63) is 29.1 Å². The van der Waals surface area contributed by atoms with Gasteiger partial charge >= 0.3 is 0 Å². The fraction of sp³-hybridized carbons (Fsp3) is 0.545. The number of aryl methyl sites for hydroxylation is 2. The van der Waals surface area contributed by atoms with E-state index in [-0.39, 0.29) is 0 Å². The van der Waals surface area contributed by atoms with E-state index in [1.165, 1.54) is 24.2 Å². The molecule has 2 heteroatoms. The van der Waals surface area contributed by atoms with Gasteiger partial charge in [-0.05, 0) is 45.0 Å². The maximum absolute atomic E-state index is 4.58. The fourth-order valence-corrected chi connectivity index (χ4v) is 1.89. The molecule has 1 aliphatic heterocycles. The maximum Gasteiger partial charge on any atom is 0.0452 e. The standard InChI is InChI=1S/C11H16N2/c1-9-5-6-10-8-13(2)7-3-4-11(10)12-9/h5-6H,3-4,7-8H2,1-2H3. The number of pyridine rings is 1. The third kappa shape index (κ3) is 1.89. The molecule has 1 aromatic heterocycles. The van der Waals surface area contributed by atoms with Gasteiger partial charge in [-0.3, -0.25) is 4.98 Å². The molecule has 0 saturated carbocycles. The Bertz CT molecular complexity index is 307. The number of aromatic nitrogens is 1. The molecule has 0 bridgehead atoms. The molecule has 0 fully saturated rings. The highest BCUT2D eigenvalue weighted by molar-refractivity contribution is 5.23. The molecule has 70 valence electrons. The van der Waals surface area contributed by atoms with Crippen LogP contribution in [-0.4, -0.2) is 23.5 Å². The van der Waals surface area contributed by atoms with Crippen molar-refractivity contribution in [1.29, 1.82) is 0 Å². The van der Waals surface area contributed by atoms with E-state index in [1.807, 2.05) is 0 Å². The molecule has 0 aromatic carbocycles. The lowest BCUT2D eigenvalue weighted by molar-refractivity contribution is 0.332. The summed E-state index contributed by atoms with van der Waals surface area (Å²) in [4.78, 5) is 6.95. The summed E-state index contributed by atoms with van der Waals surface area (Å²) in [7, 11) is 2.18. The zero-order chi connectivity index (χ0) is 9.26. The van der Waals surface area contributed by atoms with Crippen molar-refractivity contribution in [1.82, 2.24) is 9.88 Å². The summed E-state index contributed by atoms with van der Waals surface area (Å²) in [6.45, 7) is 4.31. The summed E-state index contributed by atoms with van der Waals surface area (Å²) in [6, 6.07) is 4.33. The van der Waals surface area contributed by atoms with Crippen LogP contribution < -0.4 is 0 Å². The first kappa shape index (κ1) is 8.70. The average Bonchev–Trinajstić information content (AvgIpc) is 2.25. The second kappa shape index (κ2) is 3.46. The summed E-state index contributed by atoms with van der Waals surface area (Å²) in [5.41, 5.74) is 3.86. The molecule has 0 atom stereocenters. The van der Waals surface area contributed by atoms with Crippen LogP contribution in [0.1, 0.15) is 23.4 Å². The van der Waals surface area contributed by atoms with E-state index in [4.69, 9.17) is 0 Å². The van der Waals surface area contributed by atoms with Crippen LogP contribution in [-0.2, 0) is 13.0 Å². The Morgan fingerprint density at radius 3 is 3.08 bits per heavy atom. The van der Waals surface area contributed by atoms with Gasteiger partial charge in [0.05, 0.1) is 0 Å². The zero-order valence-electron chi connectivity index (χ0n) is 8.38. The van der Waals surface area contributed by atoms with E-state index in [0.29, 0.717) is 0 Å². The molecule has 0 radical (unpaired) electrons. The third-order valence-corrected chi connectivity index (χ3v) is 2.60. The topological polar surface area (TPSA) is 16.1 Å². The second-order valence-electron chi connectivity index (χ2n) is 3.90. The zero-order valence-corrected chi connectivity index (χ0v) is 8.38. The van der Waals surface area contributed by atoms with Crippen molar-refractivity contribution >= 4 is 0 Å². The SMILES string of the molecule is Cc1ccc2c(n1)CCCN(C)C2. The molecular formula is C11H16N2. The van der Waals surface area contributed by atoms with Crippen molar-refractivity contribution in [3.63, 3.8) is 0 Å². The summed E-state index contributed by atoms with van der Waals surface area (Å²) in [6.07, 6.45) is 2.38. The van der Waals surface area contributed by atoms with Crippen LogP contribution in [0.2, 0.25) is 0 Å². The van der Waals surface area contributed by atoms with E-state index in [9.17, 15) is 0 Å². The quantitative estimate of drug-likeness (QED) is 0.599. The smallest absolute Gasteiger partial charge is 0.0452 e. The molecule has 1 aromatic rings. The average molecular weight is 176 g/mol. The third-order valence-electron chi connectivity index (χ3n) is 2.60. The van der Waals surface area contributed by atoms with Gasteiger partial charge in [0.1, 0.15) is 0 Å². The van der Waals surface area contributed by atoms with E-state index in [1.54, 1.807) is 0 Å². The van der Waals surface area contributed by atoms with Crippen LogP contribution in [0.15, 0.2) is 12.1 Å². The summed E-state index contributed by atoms with van der Waals surface area (Å²) >= 11 is 0. The van der Waals surface area contributed by atoms with Gasteiger partial charge in [0.2, 0.25) is 0 Å².